The first-order chi connectivity index (χ1) is 15.4. The highest BCUT2D eigenvalue weighted by Gasteiger charge is 2.60. The highest BCUT2D eigenvalue weighted by Crippen LogP contribution is 2.37. The Morgan fingerprint density at radius 2 is 1.50 bits per heavy atom. The van der Waals surface area contributed by atoms with Crippen molar-refractivity contribution in [1.29, 1.82) is 5.26 Å². The average Bonchev–Trinajstić information content (AvgIpc) is 3.05. The van der Waals surface area contributed by atoms with Gasteiger partial charge in [-0.1, -0.05) is 60.7 Å². The fraction of sp³-hybridized carbons (Fsp3) is 0.375. The van der Waals surface area contributed by atoms with Gasteiger partial charge in [-0.2, -0.15) is 5.26 Å². The monoisotopic (exact) mass is 439 g/mol. The van der Waals surface area contributed by atoms with E-state index in [4.69, 9.17) is 23.7 Å². The fourth-order valence-corrected chi connectivity index (χ4v) is 3.44. The minimum absolute atomic E-state index is 0.127. The molecule has 0 saturated carbocycles. The lowest BCUT2D eigenvalue weighted by molar-refractivity contribution is -0.203. The van der Waals surface area contributed by atoms with Crippen molar-refractivity contribution in [2.75, 3.05) is 6.61 Å². The lowest BCUT2D eigenvalue weighted by atomic mass is 9.97. The van der Waals surface area contributed by atoms with Crippen LogP contribution < -0.4 is 0 Å². The molecule has 0 radical (unpaired) electrons. The Bertz CT molecular complexity index is 944. The summed E-state index contributed by atoms with van der Waals surface area (Å²) < 4.78 is 28.2. The van der Waals surface area contributed by atoms with Crippen LogP contribution in [0.25, 0.3) is 0 Å². The largest absolute Gasteiger partial charge is 0.453 e. The molecule has 1 heterocycles. The van der Waals surface area contributed by atoms with Gasteiger partial charge >= 0.3 is 11.9 Å². The normalized spacial score (nSPS) is 24.5. The highest BCUT2D eigenvalue weighted by molar-refractivity contribution is 5.67. The summed E-state index contributed by atoms with van der Waals surface area (Å²) in [5, 5.41) is 10.1. The van der Waals surface area contributed by atoms with Crippen LogP contribution in [0.15, 0.2) is 60.7 Å². The quantitative estimate of drug-likeness (QED) is 0.550. The molecule has 2 aromatic rings. The molecule has 3 rings (SSSR count). The third-order valence-corrected chi connectivity index (χ3v) is 4.83. The number of ether oxygens (including phenoxy) is 5. The van der Waals surface area contributed by atoms with Crippen LogP contribution in [0, 0.1) is 11.3 Å². The van der Waals surface area contributed by atoms with E-state index in [1.54, 1.807) is 0 Å². The van der Waals surface area contributed by atoms with Crippen molar-refractivity contribution in [2.45, 2.75) is 51.2 Å². The fourth-order valence-electron chi connectivity index (χ4n) is 3.44. The van der Waals surface area contributed by atoms with Gasteiger partial charge in [-0.25, -0.2) is 0 Å². The Morgan fingerprint density at radius 3 is 2.03 bits per heavy atom. The van der Waals surface area contributed by atoms with E-state index in [2.05, 4.69) is 6.07 Å². The van der Waals surface area contributed by atoms with E-state index < -0.39 is 36.0 Å². The maximum absolute atomic E-state index is 11.8. The van der Waals surface area contributed by atoms with E-state index in [0.717, 1.165) is 11.1 Å². The third kappa shape index (κ3) is 5.92. The van der Waals surface area contributed by atoms with E-state index in [-0.39, 0.29) is 19.8 Å². The number of nitriles is 1. The molecule has 2 aromatic carbocycles. The minimum Gasteiger partial charge on any atom is -0.453 e. The van der Waals surface area contributed by atoms with Crippen molar-refractivity contribution in [1.82, 2.24) is 0 Å². The first kappa shape index (κ1) is 23.4. The van der Waals surface area contributed by atoms with Gasteiger partial charge in [0.05, 0.1) is 19.8 Å². The van der Waals surface area contributed by atoms with Crippen molar-refractivity contribution in [3.05, 3.63) is 71.8 Å². The zero-order valence-electron chi connectivity index (χ0n) is 17.9. The summed E-state index contributed by atoms with van der Waals surface area (Å²) in [7, 11) is 0. The molecule has 168 valence electrons. The van der Waals surface area contributed by atoms with E-state index >= 15 is 0 Å². The van der Waals surface area contributed by atoms with Crippen molar-refractivity contribution in [3.8, 4) is 6.07 Å². The number of hydrogen-bond donors (Lipinski definition) is 0. The molecular formula is C24H25NO7. The van der Waals surface area contributed by atoms with Gasteiger partial charge in [0.2, 0.25) is 11.9 Å². The summed E-state index contributed by atoms with van der Waals surface area (Å²) in [5.74, 6) is -1.27. The molecular weight excluding hydrogens is 414 g/mol. The second kappa shape index (κ2) is 10.9. The van der Waals surface area contributed by atoms with Gasteiger partial charge in [-0.15, -0.1) is 0 Å². The number of benzene rings is 2. The van der Waals surface area contributed by atoms with Crippen molar-refractivity contribution >= 4 is 11.9 Å². The standard InChI is InChI=1S/C24H25NO7/c1-17(26)30-21-22(29-14-20-11-7-4-8-12-20)24(15-25,32-23(21)31-18(2)27)16-28-13-19-9-5-3-6-10-19/h3-12,21-23H,13-14,16H2,1-2H3/t21-,22+,23-,24-/m1/s1. The maximum Gasteiger partial charge on any atom is 0.305 e. The maximum atomic E-state index is 11.8. The van der Waals surface area contributed by atoms with E-state index in [9.17, 15) is 14.9 Å². The molecule has 0 aromatic heterocycles. The molecule has 8 nitrogen and oxygen atoms in total. The minimum atomic E-state index is -1.66. The van der Waals surface area contributed by atoms with Crippen LogP contribution in [0.5, 0.6) is 0 Å². The van der Waals surface area contributed by atoms with Crippen molar-refractivity contribution in [3.63, 3.8) is 0 Å². The predicted molar refractivity (Wildman–Crippen MR) is 112 cm³/mol. The van der Waals surface area contributed by atoms with E-state index in [1.165, 1.54) is 13.8 Å². The van der Waals surface area contributed by atoms with Gasteiger partial charge in [-0.3, -0.25) is 9.59 Å². The van der Waals surface area contributed by atoms with Crippen LogP contribution in [0.2, 0.25) is 0 Å². The third-order valence-electron chi connectivity index (χ3n) is 4.83. The number of nitrogens with zero attached hydrogens (tertiary/aromatic N) is 1. The molecule has 0 spiro atoms. The summed E-state index contributed by atoms with van der Waals surface area (Å²) in [6.07, 6.45) is -3.51. The van der Waals surface area contributed by atoms with Gasteiger partial charge in [0.15, 0.2) is 6.10 Å². The van der Waals surface area contributed by atoms with Gasteiger partial charge < -0.3 is 23.7 Å². The zero-order valence-corrected chi connectivity index (χ0v) is 17.9. The van der Waals surface area contributed by atoms with Gasteiger partial charge in [0, 0.05) is 13.8 Å². The number of rotatable bonds is 9. The van der Waals surface area contributed by atoms with Crippen LogP contribution in [0.4, 0.5) is 0 Å². The number of carbonyl (C=O) groups is 2. The molecule has 8 heteroatoms. The second-order valence-corrected chi connectivity index (χ2v) is 7.37. The van der Waals surface area contributed by atoms with Crippen LogP contribution in [-0.2, 0) is 46.5 Å². The molecule has 1 aliphatic rings. The number of esters is 2. The second-order valence-electron chi connectivity index (χ2n) is 7.37. The van der Waals surface area contributed by atoms with Gasteiger partial charge in [0.25, 0.3) is 0 Å². The van der Waals surface area contributed by atoms with Crippen LogP contribution in [0.3, 0.4) is 0 Å². The van der Waals surface area contributed by atoms with E-state index in [1.807, 2.05) is 60.7 Å². The highest BCUT2D eigenvalue weighted by atomic mass is 16.8. The summed E-state index contributed by atoms with van der Waals surface area (Å²) in [5.41, 5.74) is 0.0968. The van der Waals surface area contributed by atoms with E-state index in [0.29, 0.717) is 0 Å². The molecule has 0 N–H and O–H groups in total. The van der Waals surface area contributed by atoms with Gasteiger partial charge in [-0.05, 0) is 11.1 Å². The summed E-state index contributed by atoms with van der Waals surface area (Å²) in [6, 6.07) is 20.8. The van der Waals surface area contributed by atoms with Crippen LogP contribution in [0.1, 0.15) is 25.0 Å². The molecule has 0 aliphatic carbocycles. The first-order valence-corrected chi connectivity index (χ1v) is 10.1. The van der Waals surface area contributed by atoms with Crippen LogP contribution in [-0.4, -0.2) is 42.6 Å². The summed E-state index contributed by atoms with van der Waals surface area (Å²) in [4.78, 5) is 23.4. The Hall–Kier alpha value is -3.25. The Balaban J connectivity index is 1.84. The molecule has 1 saturated heterocycles. The molecule has 32 heavy (non-hydrogen) atoms. The lowest BCUT2D eigenvalue weighted by Crippen LogP contribution is -2.48. The Labute approximate surface area is 186 Å². The Morgan fingerprint density at radius 1 is 0.938 bits per heavy atom. The molecule has 0 amide bonds. The first-order valence-electron chi connectivity index (χ1n) is 10.1. The average molecular weight is 439 g/mol. The smallest absolute Gasteiger partial charge is 0.305 e. The number of carbonyl (C=O) groups excluding carboxylic acids is 2. The molecule has 0 unspecified atom stereocenters. The number of hydrogen-bond acceptors (Lipinski definition) is 8. The summed E-state index contributed by atoms with van der Waals surface area (Å²) >= 11 is 0. The van der Waals surface area contributed by atoms with Crippen molar-refractivity contribution in [2.24, 2.45) is 0 Å². The van der Waals surface area contributed by atoms with Crippen molar-refractivity contribution < 1.29 is 33.3 Å². The molecule has 0 bridgehead atoms. The lowest BCUT2D eigenvalue weighted by Gasteiger charge is -2.28. The SMILES string of the molecule is CC(=O)O[C@@H]1O[C@](C#N)(COCc2ccccc2)[C@@H](OCc2ccccc2)[C@H]1OC(C)=O. The molecule has 1 fully saturated rings. The molecule has 1 aliphatic heterocycles. The van der Waals surface area contributed by atoms with Crippen LogP contribution >= 0.6 is 0 Å². The zero-order chi connectivity index (χ0) is 23.0. The topological polar surface area (TPSA) is 104 Å². The van der Waals surface area contributed by atoms with Gasteiger partial charge in [0.1, 0.15) is 12.2 Å². The predicted octanol–water partition coefficient (Wildman–Crippen LogP) is 2.90. The summed E-state index contributed by atoms with van der Waals surface area (Å²) in [6.45, 7) is 2.59. The Kier molecular flexibility index (Phi) is 7.95. The molecule has 4 atom stereocenters.